The molecule has 0 aliphatic carbocycles. The van der Waals surface area contributed by atoms with Gasteiger partial charge in [-0.05, 0) is 23.8 Å². The van der Waals surface area contributed by atoms with Crippen molar-refractivity contribution in [1.82, 2.24) is 4.98 Å². The average molecular weight is 314 g/mol. The summed E-state index contributed by atoms with van der Waals surface area (Å²) in [6.07, 6.45) is 0.634. The lowest BCUT2D eigenvalue weighted by atomic mass is 10.1. The maximum Gasteiger partial charge on any atom is 0.138 e. The molecule has 1 aromatic heterocycles. The van der Waals surface area contributed by atoms with Crippen molar-refractivity contribution in [3.63, 3.8) is 0 Å². The largest absolute Gasteiger partial charge is 0.506 e. The van der Waals surface area contributed by atoms with Crippen LogP contribution in [-0.2, 0) is 6.42 Å². The van der Waals surface area contributed by atoms with E-state index in [9.17, 15) is 5.11 Å². The minimum absolute atomic E-state index is 0.249. The van der Waals surface area contributed by atoms with E-state index in [0.29, 0.717) is 12.1 Å². The van der Waals surface area contributed by atoms with Crippen LogP contribution in [-0.4, -0.2) is 10.1 Å². The molecule has 0 atom stereocenters. The third kappa shape index (κ3) is 2.61. The van der Waals surface area contributed by atoms with Gasteiger partial charge in [0.15, 0.2) is 0 Å². The summed E-state index contributed by atoms with van der Waals surface area (Å²) in [4.78, 5) is 4.55. The molecule has 0 aliphatic heterocycles. The lowest BCUT2D eigenvalue weighted by Gasteiger charge is -2.06. The van der Waals surface area contributed by atoms with E-state index >= 15 is 0 Å². The molecule has 2 nitrogen and oxygen atoms in total. The van der Waals surface area contributed by atoms with Gasteiger partial charge in [0, 0.05) is 16.3 Å². The minimum Gasteiger partial charge on any atom is -0.506 e. The molecule has 0 fully saturated rings. The standard InChI is InChI=1S/C16H12BrNO/c17-13-7-6-12-9-16(19)15(18-14(12)10-13)8-11-4-2-1-3-5-11/h1-7,9-10,19H,8H2. The highest BCUT2D eigenvalue weighted by molar-refractivity contribution is 9.10. The normalized spacial score (nSPS) is 10.8. The van der Waals surface area contributed by atoms with E-state index in [1.54, 1.807) is 6.07 Å². The Morgan fingerprint density at radius 1 is 1.00 bits per heavy atom. The zero-order chi connectivity index (χ0) is 13.2. The maximum absolute atomic E-state index is 10.1. The van der Waals surface area contributed by atoms with E-state index in [1.807, 2.05) is 48.5 Å². The number of halogens is 1. The number of benzene rings is 2. The van der Waals surface area contributed by atoms with Crippen LogP contribution in [0.15, 0.2) is 59.1 Å². The highest BCUT2D eigenvalue weighted by Crippen LogP contribution is 2.26. The first-order valence-electron chi connectivity index (χ1n) is 6.04. The number of aromatic hydroxyl groups is 1. The molecule has 0 saturated carbocycles. The molecule has 1 N–H and O–H groups in total. The van der Waals surface area contributed by atoms with Crippen LogP contribution in [0, 0.1) is 0 Å². The van der Waals surface area contributed by atoms with Gasteiger partial charge in [0.05, 0.1) is 11.2 Å². The number of hydrogen-bond acceptors (Lipinski definition) is 2. The summed E-state index contributed by atoms with van der Waals surface area (Å²) >= 11 is 3.44. The predicted molar refractivity (Wildman–Crippen MR) is 80.4 cm³/mol. The highest BCUT2D eigenvalue weighted by atomic mass is 79.9. The van der Waals surface area contributed by atoms with Crippen LogP contribution in [0.2, 0.25) is 0 Å². The number of aromatic nitrogens is 1. The second-order valence-electron chi connectivity index (χ2n) is 4.45. The molecule has 3 aromatic rings. The van der Waals surface area contributed by atoms with E-state index in [4.69, 9.17) is 0 Å². The second kappa shape index (κ2) is 5.02. The fraction of sp³-hybridized carbons (Fsp3) is 0.0625. The van der Waals surface area contributed by atoms with E-state index < -0.39 is 0 Å². The monoisotopic (exact) mass is 313 g/mol. The van der Waals surface area contributed by atoms with Crippen LogP contribution in [0.4, 0.5) is 0 Å². The van der Waals surface area contributed by atoms with Crippen molar-refractivity contribution >= 4 is 26.8 Å². The molecule has 0 radical (unpaired) electrons. The molecular weight excluding hydrogens is 302 g/mol. The molecule has 3 rings (SSSR count). The molecule has 0 amide bonds. The Morgan fingerprint density at radius 3 is 2.58 bits per heavy atom. The highest BCUT2D eigenvalue weighted by Gasteiger charge is 2.07. The van der Waals surface area contributed by atoms with Crippen LogP contribution in [0.3, 0.4) is 0 Å². The lowest BCUT2D eigenvalue weighted by Crippen LogP contribution is -1.93. The molecule has 1 heterocycles. The Balaban J connectivity index is 2.06. The topological polar surface area (TPSA) is 33.1 Å². The Bertz CT molecular complexity index is 725. The van der Waals surface area contributed by atoms with Gasteiger partial charge in [0.2, 0.25) is 0 Å². The molecule has 2 aromatic carbocycles. The lowest BCUT2D eigenvalue weighted by molar-refractivity contribution is 0.467. The van der Waals surface area contributed by atoms with Crippen molar-refractivity contribution in [3.05, 3.63) is 70.3 Å². The van der Waals surface area contributed by atoms with Gasteiger partial charge in [-0.2, -0.15) is 0 Å². The summed E-state index contributed by atoms with van der Waals surface area (Å²) in [5, 5.41) is 11.0. The predicted octanol–water partition coefficient (Wildman–Crippen LogP) is 4.29. The number of fused-ring (bicyclic) bond motifs is 1. The van der Waals surface area contributed by atoms with Crippen molar-refractivity contribution in [3.8, 4) is 5.75 Å². The smallest absolute Gasteiger partial charge is 0.138 e. The first-order chi connectivity index (χ1) is 9.22. The summed E-state index contributed by atoms with van der Waals surface area (Å²) in [6, 6.07) is 17.6. The Kier molecular flexibility index (Phi) is 3.22. The van der Waals surface area contributed by atoms with Crippen molar-refractivity contribution in [2.45, 2.75) is 6.42 Å². The Hall–Kier alpha value is -1.87. The summed E-state index contributed by atoms with van der Waals surface area (Å²) in [6.45, 7) is 0. The molecule has 19 heavy (non-hydrogen) atoms. The quantitative estimate of drug-likeness (QED) is 0.765. The Labute approximate surface area is 119 Å². The number of rotatable bonds is 2. The van der Waals surface area contributed by atoms with Crippen LogP contribution in [0.25, 0.3) is 10.9 Å². The van der Waals surface area contributed by atoms with Crippen LogP contribution in [0.1, 0.15) is 11.3 Å². The Morgan fingerprint density at radius 2 is 1.79 bits per heavy atom. The fourth-order valence-electron chi connectivity index (χ4n) is 2.09. The first-order valence-corrected chi connectivity index (χ1v) is 6.84. The van der Waals surface area contributed by atoms with Gasteiger partial charge in [-0.25, -0.2) is 4.98 Å². The average Bonchev–Trinajstić information content (AvgIpc) is 2.41. The number of pyridine rings is 1. The molecular formula is C16H12BrNO. The van der Waals surface area contributed by atoms with Gasteiger partial charge in [0.1, 0.15) is 5.75 Å². The van der Waals surface area contributed by atoms with E-state index in [0.717, 1.165) is 20.9 Å². The fourth-order valence-corrected chi connectivity index (χ4v) is 2.44. The van der Waals surface area contributed by atoms with Crippen LogP contribution >= 0.6 is 15.9 Å². The van der Waals surface area contributed by atoms with E-state index in [2.05, 4.69) is 20.9 Å². The molecule has 94 valence electrons. The summed E-state index contributed by atoms with van der Waals surface area (Å²) in [7, 11) is 0. The van der Waals surface area contributed by atoms with Crippen molar-refractivity contribution in [1.29, 1.82) is 0 Å². The summed E-state index contributed by atoms with van der Waals surface area (Å²) < 4.78 is 0.990. The molecule has 3 heteroatoms. The van der Waals surface area contributed by atoms with E-state index in [-0.39, 0.29) is 5.75 Å². The van der Waals surface area contributed by atoms with Gasteiger partial charge >= 0.3 is 0 Å². The third-order valence-electron chi connectivity index (χ3n) is 3.05. The minimum atomic E-state index is 0.249. The van der Waals surface area contributed by atoms with Crippen LogP contribution in [0.5, 0.6) is 5.75 Å². The SMILES string of the molecule is Oc1cc2ccc(Br)cc2nc1Cc1ccccc1. The third-order valence-corrected chi connectivity index (χ3v) is 3.54. The van der Waals surface area contributed by atoms with Gasteiger partial charge in [0.25, 0.3) is 0 Å². The summed E-state index contributed by atoms with van der Waals surface area (Å²) in [5.74, 6) is 0.249. The molecule has 0 aliphatic rings. The molecule has 0 bridgehead atoms. The molecule has 0 unspecified atom stereocenters. The van der Waals surface area contributed by atoms with E-state index in [1.165, 1.54) is 0 Å². The van der Waals surface area contributed by atoms with Gasteiger partial charge < -0.3 is 5.11 Å². The van der Waals surface area contributed by atoms with Gasteiger partial charge in [-0.15, -0.1) is 0 Å². The van der Waals surface area contributed by atoms with Crippen molar-refractivity contribution in [2.24, 2.45) is 0 Å². The number of hydrogen-bond donors (Lipinski definition) is 1. The zero-order valence-corrected chi connectivity index (χ0v) is 11.8. The first kappa shape index (κ1) is 12.2. The molecule has 0 saturated heterocycles. The zero-order valence-electron chi connectivity index (χ0n) is 10.2. The second-order valence-corrected chi connectivity index (χ2v) is 5.37. The summed E-state index contributed by atoms with van der Waals surface area (Å²) in [5.41, 5.74) is 2.73. The number of nitrogens with zero attached hydrogens (tertiary/aromatic N) is 1. The maximum atomic E-state index is 10.1. The molecule has 0 spiro atoms. The van der Waals surface area contributed by atoms with Crippen molar-refractivity contribution < 1.29 is 5.11 Å². The van der Waals surface area contributed by atoms with Crippen LogP contribution < -0.4 is 0 Å². The van der Waals surface area contributed by atoms with Crippen molar-refractivity contribution in [2.75, 3.05) is 0 Å². The van der Waals surface area contributed by atoms with Gasteiger partial charge in [-0.3, -0.25) is 0 Å². The van der Waals surface area contributed by atoms with Gasteiger partial charge in [-0.1, -0.05) is 52.3 Å².